The third-order valence-corrected chi connectivity index (χ3v) is 7.55. The van der Waals surface area contributed by atoms with Crippen LogP contribution in [-0.2, 0) is 16.4 Å². The van der Waals surface area contributed by atoms with E-state index in [1.165, 1.54) is 32.1 Å². The van der Waals surface area contributed by atoms with E-state index in [1.807, 2.05) is 10.9 Å². The molecular weight excluding hydrogens is 410 g/mol. The number of terminal acetylenes is 1. The first-order valence-corrected chi connectivity index (χ1v) is 12.4. The van der Waals surface area contributed by atoms with Gasteiger partial charge in [-0.15, -0.1) is 12.3 Å². The van der Waals surface area contributed by atoms with Crippen molar-refractivity contribution >= 4 is 32.5 Å². The zero-order chi connectivity index (χ0) is 21.7. The number of fused-ring (bicyclic) bond motifs is 1. The van der Waals surface area contributed by atoms with Crippen LogP contribution in [0.5, 0.6) is 0 Å². The van der Waals surface area contributed by atoms with Gasteiger partial charge in [-0.1, -0.05) is 19.3 Å². The first-order chi connectivity index (χ1) is 15.0. The van der Waals surface area contributed by atoms with Crippen LogP contribution in [0.4, 0.5) is 11.6 Å². The Morgan fingerprint density at radius 1 is 1.13 bits per heavy atom. The lowest BCUT2D eigenvalue weighted by Crippen LogP contribution is -2.15. The summed E-state index contributed by atoms with van der Waals surface area (Å²) in [4.78, 5) is 9.32. The van der Waals surface area contributed by atoms with Crippen molar-refractivity contribution in [2.45, 2.75) is 56.4 Å². The molecule has 31 heavy (non-hydrogen) atoms. The van der Waals surface area contributed by atoms with E-state index in [0.29, 0.717) is 24.7 Å². The first-order valence-electron chi connectivity index (χ1n) is 10.8. The van der Waals surface area contributed by atoms with E-state index in [9.17, 15) is 8.42 Å². The topological polar surface area (TPSA) is 89.8 Å². The first kappa shape index (κ1) is 21.3. The second-order valence-corrected chi connectivity index (χ2v) is 10.2. The lowest BCUT2D eigenvalue weighted by Gasteiger charge is -2.21. The Morgan fingerprint density at radius 3 is 2.65 bits per heavy atom. The van der Waals surface area contributed by atoms with Gasteiger partial charge in [0.1, 0.15) is 0 Å². The molecule has 3 aromatic rings. The number of sulfone groups is 1. The Hall–Kier alpha value is -2.92. The average molecular weight is 438 g/mol. The third kappa shape index (κ3) is 5.23. The van der Waals surface area contributed by atoms with Crippen LogP contribution in [0.25, 0.3) is 11.0 Å². The van der Waals surface area contributed by atoms with Crippen LogP contribution in [0.3, 0.4) is 0 Å². The van der Waals surface area contributed by atoms with Gasteiger partial charge in [0.2, 0.25) is 5.95 Å². The Morgan fingerprint density at radius 2 is 1.90 bits per heavy atom. The van der Waals surface area contributed by atoms with Crippen molar-refractivity contribution in [3.05, 3.63) is 36.7 Å². The van der Waals surface area contributed by atoms with Crippen LogP contribution in [0.2, 0.25) is 0 Å². The number of hydrogen-bond donors (Lipinski definition) is 1. The van der Waals surface area contributed by atoms with Crippen molar-refractivity contribution in [3.8, 4) is 12.3 Å². The molecule has 1 saturated carbocycles. The summed E-state index contributed by atoms with van der Waals surface area (Å²) < 4.78 is 26.7. The monoisotopic (exact) mass is 437 g/mol. The van der Waals surface area contributed by atoms with E-state index in [4.69, 9.17) is 6.42 Å². The molecule has 0 spiro atoms. The van der Waals surface area contributed by atoms with Gasteiger partial charge in [0.15, 0.2) is 15.5 Å². The number of rotatable bonds is 8. The van der Waals surface area contributed by atoms with Crippen LogP contribution in [-0.4, -0.2) is 33.9 Å². The highest BCUT2D eigenvalue weighted by Crippen LogP contribution is 2.26. The number of anilines is 2. The summed E-state index contributed by atoms with van der Waals surface area (Å²) in [6, 6.07) is 6.64. The quantitative estimate of drug-likeness (QED) is 0.417. The summed E-state index contributed by atoms with van der Waals surface area (Å²) in [5, 5.41) is 8.59. The molecule has 8 heteroatoms. The van der Waals surface area contributed by atoms with Crippen LogP contribution < -0.4 is 5.32 Å². The molecule has 2 heterocycles. The summed E-state index contributed by atoms with van der Waals surface area (Å²) in [5.74, 6) is 3.63. The minimum Gasteiger partial charge on any atom is -0.324 e. The molecule has 0 amide bonds. The van der Waals surface area contributed by atoms with Crippen LogP contribution in [0.15, 0.2) is 41.6 Å². The van der Waals surface area contributed by atoms with Gasteiger partial charge in [-0.3, -0.25) is 0 Å². The molecule has 4 rings (SSSR count). The number of aromatic nitrogens is 4. The van der Waals surface area contributed by atoms with Gasteiger partial charge in [0.05, 0.1) is 22.2 Å². The zero-order valence-electron chi connectivity index (χ0n) is 17.5. The molecule has 0 aliphatic heterocycles. The van der Waals surface area contributed by atoms with Crippen molar-refractivity contribution < 1.29 is 8.42 Å². The second kappa shape index (κ2) is 9.48. The molecule has 1 aliphatic rings. The second-order valence-electron chi connectivity index (χ2n) is 8.08. The molecule has 0 radical (unpaired) electrons. The Labute approximate surface area is 183 Å². The number of nitrogens with zero attached hydrogens (tertiary/aromatic N) is 4. The van der Waals surface area contributed by atoms with Crippen molar-refractivity contribution in [3.63, 3.8) is 0 Å². The average Bonchev–Trinajstić information content (AvgIpc) is 3.17. The van der Waals surface area contributed by atoms with Gasteiger partial charge >= 0.3 is 0 Å². The maximum absolute atomic E-state index is 12.4. The fraction of sp³-hybridized carbons (Fsp3) is 0.435. The molecule has 1 aromatic carbocycles. The molecule has 2 aromatic heterocycles. The van der Waals surface area contributed by atoms with E-state index in [-0.39, 0.29) is 10.6 Å². The highest BCUT2D eigenvalue weighted by molar-refractivity contribution is 7.91. The van der Waals surface area contributed by atoms with Gasteiger partial charge < -0.3 is 5.32 Å². The van der Waals surface area contributed by atoms with Crippen LogP contribution in [0.1, 0.15) is 44.9 Å². The maximum atomic E-state index is 12.4. The predicted molar refractivity (Wildman–Crippen MR) is 122 cm³/mol. The van der Waals surface area contributed by atoms with Gasteiger partial charge in [0, 0.05) is 24.8 Å². The minimum atomic E-state index is -3.33. The Balaban J connectivity index is 1.47. The number of hydrogen-bond acceptors (Lipinski definition) is 6. The molecule has 1 aliphatic carbocycles. The maximum Gasteiger partial charge on any atom is 0.229 e. The van der Waals surface area contributed by atoms with Gasteiger partial charge in [-0.2, -0.15) is 10.1 Å². The fourth-order valence-electron chi connectivity index (χ4n) is 4.03. The van der Waals surface area contributed by atoms with Crippen LogP contribution in [0, 0.1) is 18.3 Å². The van der Waals surface area contributed by atoms with E-state index in [2.05, 4.69) is 26.3 Å². The van der Waals surface area contributed by atoms with Gasteiger partial charge in [-0.05, 0) is 49.4 Å². The molecule has 1 N–H and O–H groups in total. The standard InChI is InChI=1S/C23H27N5O2S/c1-2-3-7-14-31(29,30)21-12-10-20(11-13-21)26-23-24-15-19-16-25-28(22(19)27-23)17-18-8-5-4-6-9-18/h1,10-13,15-16,18H,3-9,14,17H2,(H,24,26,27). The molecule has 1 fully saturated rings. The lowest BCUT2D eigenvalue weighted by atomic mass is 9.89. The summed E-state index contributed by atoms with van der Waals surface area (Å²) in [7, 11) is -3.33. The van der Waals surface area contributed by atoms with Gasteiger partial charge in [-0.25, -0.2) is 18.1 Å². The fourth-order valence-corrected chi connectivity index (χ4v) is 5.34. The summed E-state index contributed by atoms with van der Waals surface area (Å²) in [6.45, 7) is 0.881. The van der Waals surface area contributed by atoms with Gasteiger partial charge in [0.25, 0.3) is 0 Å². The summed E-state index contributed by atoms with van der Waals surface area (Å²) in [5.41, 5.74) is 1.54. The predicted octanol–water partition coefficient (Wildman–Crippen LogP) is 4.34. The lowest BCUT2D eigenvalue weighted by molar-refractivity contribution is 0.311. The van der Waals surface area contributed by atoms with Crippen molar-refractivity contribution in [2.75, 3.05) is 11.1 Å². The van der Waals surface area contributed by atoms with Crippen molar-refractivity contribution in [2.24, 2.45) is 5.92 Å². The van der Waals surface area contributed by atoms with E-state index in [1.54, 1.807) is 30.5 Å². The third-order valence-electron chi connectivity index (χ3n) is 5.74. The normalized spacial score (nSPS) is 15.1. The number of unbranched alkanes of at least 4 members (excludes halogenated alkanes) is 1. The Bertz CT molecular complexity index is 1170. The number of nitrogens with one attached hydrogen (secondary N) is 1. The minimum absolute atomic E-state index is 0.0503. The highest BCUT2D eigenvalue weighted by Gasteiger charge is 2.17. The molecule has 0 unspecified atom stereocenters. The molecular formula is C23H27N5O2S. The summed E-state index contributed by atoms with van der Waals surface area (Å²) >= 11 is 0. The highest BCUT2D eigenvalue weighted by atomic mass is 32.2. The van der Waals surface area contributed by atoms with E-state index >= 15 is 0 Å². The van der Waals surface area contributed by atoms with E-state index < -0.39 is 9.84 Å². The number of benzene rings is 1. The molecule has 0 bridgehead atoms. The largest absolute Gasteiger partial charge is 0.324 e. The zero-order valence-corrected chi connectivity index (χ0v) is 18.3. The smallest absolute Gasteiger partial charge is 0.229 e. The van der Waals surface area contributed by atoms with Crippen molar-refractivity contribution in [1.29, 1.82) is 0 Å². The molecule has 162 valence electrons. The van der Waals surface area contributed by atoms with Crippen molar-refractivity contribution in [1.82, 2.24) is 19.7 Å². The molecule has 0 saturated heterocycles. The van der Waals surface area contributed by atoms with E-state index in [0.717, 1.165) is 23.3 Å². The SMILES string of the molecule is C#CCCCS(=O)(=O)c1ccc(Nc2ncc3cnn(CC4CCCCC4)c3n2)cc1. The van der Waals surface area contributed by atoms with Crippen LogP contribution >= 0.6 is 0 Å². The molecule has 7 nitrogen and oxygen atoms in total. The Kier molecular flexibility index (Phi) is 6.52. The molecule has 0 atom stereocenters. The summed E-state index contributed by atoms with van der Waals surface area (Å²) in [6.07, 6.45) is 16.1.